The van der Waals surface area contributed by atoms with Gasteiger partial charge in [0.1, 0.15) is 0 Å². The van der Waals surface area contributed by atoms with E-state index >= 15 is 0 Å². The molecule has 6 heteroatoms. The van der Waals surface area contributed by atoms with Gasteiger partial charge >= 0.3 is 0 Å². The van der Waals surface area contributed by atoms with Gasteiger partial charge in [0.15, 0.2) is 0 Å². The van der Waals surface area contributed by atoms with Crippen molar-refractivity contribution in [1.29, 1.82) is 0 Å². The summed E-state index contributed by atoms with van der Waals surface area (Å²) in [5.74, 6) is 0.0962. The van der Waals surface area contributed by atoms with Crippen molar-refractivity contribution < 1.29 is 14.5 Å². The van der Waals surface area contributed by atoms with Crippen LogP contribution in [0.15, 0.2) is 18.2 Å². The fourth-order valence-corrected chi connectivity index (χ4v) is 2.55. The third kappa shape index (κ3) is 5.30. The van der Waals surface area contributed by atoms with Gasteiger partial charge in [-0.3, -0.25) is 14.9 Å². The molecule has 0 heterocycles. The van der Waals surface area contributed by atoms with E-state index < -0.39 is 4.92 Å². The molecule has 24 heavy (non-hydrogen) atoms. The lowest BCUT2D eigenvalue weighted by Crippen LogP contribution is -2.36. The van der Waals surface area contributed by atoms with Crippen LogP contribution in [-0.4, -0.2) is 42.5 Å². The van der Waals surface area contributed by atoms with Gasteiger partial charge in [-0.2, -0.15) is 0 Å². The Labute approximate surface area is 143 Å². The fourth-order valence-electron chi connectivity index (χ4n) is 2.55. The van der Waals surface area contributed by atoms with Crippen LogP contribution < -0.4 is 0 Å². The molecule has 0 aliphatic heterocycles. The highest BCUT2D eigenvalue weighted by Crippen LogP contribution is 2.32. The average molecular weight is 336 g/mol. The van der Waals surface area contributed by atoms with E-state index in [2.05, 4.69) is 0 Å². The first-order chi connectivity index (χ1) is 11.1. The molecule has 134 valence electrons. The predicted octanol–water partition coefficient (Wildman–Crippen LogP) is 3.64. The van der Waals surface area contributed by atoms with Crippen molar-refractivity contribution in [1.82, 2.24) is 4.90 Å². The van der Waals surface area contributed by atoms with E-state index in [1.54, 1.807) is 24.1 Å². The number of nitro benzene ring substituents is 1. The van der Waals surface area contributed by atoms with Gasteiger partial charge in [0.25, 0.3) is 11.6 Å². The number of ether oxygens (including phenoxy) is 1. The summed E-state index contributed by atoms with van der Waals surface area (Å²) in [6, 6.07) is 4.76. The molecule has 1 rings (SSSR count). The molecule has 0 unspecified atom stereocenters. The van der Waals surface area contributed by atoms with Gasteiger partial charge in [-0.15, -0.1) is 0 Å². The molecule has 0 N–H and O–H groups in total. The first-order valence-corrected chi connectivity index (χ1v) is 8.15. The number of amides is 1. The number of methoxy groups -OCH3 is 1. The minimum Gasteiger partial charge on any atom is -0.383 e. The van der Waals surface area contributed by atoms with Crippen LogP contribution in [0, 0.1) is 16.0 Å². The molecule has 0 aliphatic carbocycles. The zero-order valence-electron chi connectivity index (χ0n) is 15.5. The summed E-state index contributed by atoms with van der Waals surface area (Å²) in [4.78, 5) is 25.5. The third-order valence-corrected chi connectivity index (χ3v) is 3.69. The zero-order valence-corrected chi connectivity index (χ0v) is 15.5. The van der Waals surface area contributed by atoms with E-state index in [0.717, 1.165) is 0 Å². The lowest BCUT2D eigenvalue weighted by molar-refractivity contribution is -0.386. The van der Waals surface area contributed by atoms with Crippen LogP contribution in [0.25, 0.3) is 0 Å². The Hall–Kier alpha value is -1.95. The Balaban J connectivity index is 3.21. The number of benzene rings is 1. The molecule has 0 aliphatic rings. The summed E-state index contributed by atoms with van der Waals surface area (Å²) in [5.41, 5.74) is 0.588. The third-order valence-electron chi connectivity index (χ3n) is 3.69. The Kier molecular flexibility index (Phi) is 6.90. The predicted molar refractivity (Wildman–Crippen MR) is 94.4 cm³/mol. The molecular formula is C18H28N2O4. The van der Waals surface area contributed by atoms with Crippen LogP contribution in [0.5, 0.6) is 0 Å². The molecule has 0 spiro atoms. The minimum absolute atomic E-state index is 0.00964. The van der Waals surface area contributed by atoms with E-state index in [1.807, 2.05) is 34.6 Å². The van der Waals surface area contributed by atoms with E-state index in [9.17, 15) is 14.9 Å². The Morgan fingerprint density at radius 1 is 1.33 bits per heavy atom. The average Bonchev–Trinajstić information content (AvgIpc) is 2.48. The van der Waals surface area contributed by atoms with Gasteiger partial charge in [0, 0.05) is 37.4 Å². The number of rotatable bonds is 7. The van der Waals surface area contributed by atoms with Gasteiger partial charge in [-0.05, 0) is 17.4 Å². The Morgan fingerprint density at radius 3 is 2.42 bits per heavy atom. The second kappa shape index (κ2) is 8.24. The summed E-state index contributed by atoms with van der Waals surface area (Å²) in [5, 5.41) is 11.4. The second-order valence-corrected chi connectivity index (χ2v) is 7.38. The lowest BCUT2D eigenvalue weighted by atomic mass is 9.85. The summed E-state index contributed by atoms with van der Waals surface area (Å²) >= 11 is 0. The molecule has 0 fully saturated rings. The summed E-state index contributed by atoms with van der Waals surface area (Å²) in [6.45, 7) is 11.3. The van der Waals surface area contributed by atoms with Gasteiger partial charge in [-0.25, -0.2) is 0 Å². The van der Waals surface area contributed by atoms with Crippen LogP contribution in [-0.2, 0) is 10.2 Å². The van der Waals surface area contributed by atoms with E-state index in [0.29, 0.717) is 36.7 Å². The number of hydrogen-bond acceptors (Lipinski definition) is 4. The van der Waals surface area contributed by atoms with Crippen molar-refractivity contribution in [3.63, 3.8) is 0 Å². The Morgan fingerprint density at radius 2 is 1.96 bits per heavy atom. The molecule has 0 saturated carbocycles. The molecule has 0 saturated heterocycles. The summed E-state index contributed by atoms with van der Waals surface area (Å²) in [7, 11) is 1.58. The van der Waals surface area contributed by atoms with E-state index in [1.165, 1.54) is 6.07 Å². The number of nitrogens with zero attached hydrogens (tertiary/aromatic N) is 2. The molecule has 0 aromatic heterocycles. The van der Waals surface area contributed by atoms with Crippen molar-refractivity contribution in [3.05, 3.63) is 39.4 Å². The van der Waals surface area contributed by atoms with Crippen LogP contribution >= 0.6 is 0 Å². The van der Waals surface area contributed by atoms with Gasteiger partial charge in [-0.1, -0.05) is 40.7 Å². The fraction of sp³-hybridized carbons (Fsp3) is 0.611. The van der Waals surface area contributed by atoms with Gasteiger partial charge in [0.2, 0.25) is 0 Å². The molecule has 0 bridgehead atoms. The number of nitro groups is 1. The SMILES string of the molecule is COCCN(CC(C)C)C(=O)c1ccc(C(C)(C)C)c([N+](=O)[O-])c1. The van der Waals surface area contributed by atoms with Crippen LogP contribution in [0.2, 0.25) is 0 Å². The first kappa shape index (κ1) is 20.1. The smallest absolute Gasteiger partial charge is 0.273 e. The molecule has 1 amide bonds. The Bertz CT molecular complexity index is 591. The monoisotopic (exact) mass is 336 g/mol. The molecule has 0 atom stereocenters. The van der Waals surface area contributed by atoms with Crippen LogP contribution in [0.1, 0.15) is 50.5 Å². The largest absolute Gasteiger partial charge is 0.383 e. The summed E-state index contributed by atoms with van der Waals surface area (Å²) in [6.07, 6.45) is 0. The number of hydrogen-bond donors (Lipinski definition) is 0. The second-order valence-electron chi connectivity index (χ2n) is 7.38. The molecule has 1 aromatic rings. The maximum Gasteiger partial charge on any atom is 0.273 e. The van der Waals surface area contributed by atoms with Crippen LogP contribution in [0.4, 0.5) is 5.69 Å². The van der Waals surface area contributed by atoms with Crippen molar-refractivity contribution in [2.75, 3.05) is 26.8 Å². The molecule has 1 aromatic carbocycles. The minimum atomic E-state index is -0.417. The van der Waals surface area contributed by atoms with Gasteiger partial charge in [0.05, 0.1) is 11.5 Å². The van der Waals surface area contributed by atoms with Crippen molar-refractivity contribution in [2.24, 2.45) is 5.92 Å². The van der Waals surface area contributed by atoms with E-state index in [-0.39, 0.29) is 17.0 Å². The van der Waals surface area contributed by atoms with Crippen LogP contribution in [0.3, 0.4) is 0 Å². The first-order valence-electron chi connectivity index (χ1n) is 8.15. The molecule has 0 radical (unpaired) electrons. The maximum absolute atomic E-state index is 12.8. The molecular weight excluding hydrogens is 308 g/mol. The lowest BCUT2D eigenvalue weighted by Gasteiger charge is -2.25. The highest BCUT2D eigenvalue weighted by molar-refractivity contribution is 5.95. The van der Waals surface area contributed by atoms with E-state index in [4.69, 9.17) is 4.74 Å². The highest BCUT2D eigenvalue weighted by atomic mass is 16.6. The quantitative estimate of drug-likeness (QED) is 0.563. The normalized spacial score (nSPS) is 11.6. The van der Waals surface area contributed by atoms with Gasteiger partial charge < -0.3 is 9.64 Å². The number of carbonyl (C=O) groups is 1. The zero-order chi connectivity index (χ0) is 18.5. The molecule has 6 nitrogen and oxygen atoms in total. The topological polar surface area (TPSA) is 72.7 Å². The maximum atomic E-state index is 12.8. The standard InChI is InChI=1S/C18H28N2O4/c1-13(2)12-19(9-10-24-6)17(21)14-7-8-15(18(3,4)5)16(11-14)20(22)23/h7-8,11,13H,9-10,12H2,1-6H3. The van der Waals surface area contributed by atoms with Crippen molar-refractivity contribution in [3.8, 4) is 0 Å². The van der Waals surface area contributed by atoms with Crippen molar-refractivity contribution in [2.45, 2.75) is 40.0 Å². The van der Waals surface area contributed by atoms with Crippen molar-refractivity contribution >= 4 is 11.6 Å². The highest BCUT2D eigenvalue weighted by Gasteiger charge is 2.27. The summed E-state index contributed by atoms with van der Waals surface area (Å²) < 4.78 is 5.06. The number of carbonyl (C=O) groups excluding carboxylic acids is 1.